The second-order valence-electron chi connectivity index (χ2n) is 6.51. The van der Waals surface area contributed by atoms with Crippen LogP contribution < -0.4 is 10.1 Å². The summed E-state index contributed by atoms with van der Waals surface area (Å²) in [5, 5.41) is 7.72. The van der Waals surface area contributed by atoms with Gasteiger partial charge in [-0.3, -0.25) is 19.4 Å². The highest BCUT2D eigenvalue weighted by Crippen LogP contribution is 2.22. The zero-order valence-electron chi connectivity index (χ0n) is 16.4. The van der Waals surface area contributed by atoms with Crippen molar-refractivity contribution < 1.29 is 27.4 Å². The van der Waals surface area contributed by atoms with Crippen LogP contribution in [0.4, 0.5) is 13.2 Å². The smallest absolute Gasteiger partial charge is 0.422 e. The number of hydrogen-bond acceptors (Lipinski definition) is 6. The molecular weight excluding hydrogens is 403 g/mol. The Morgan fingerprint density at radius 1 is 1.30 bits per heavy atom. The Kier molecular flexibility index (Phi) is 6.50. The maximum absolute atomic E-state index is 12.3. The maximum Gasteiger partial charge on any atom is 0.422 e. The monoisotopic (exact) mass is 423 g/mol. The number of methoxy groups -OCH3 is 1. The molecule has 0 saturated heterocycles. The number of pyridine rings is 2. The summed E-state index contributed by atoms with van der Waals surface area (Å²) in [6, 6.07) is 3.32. The molecule has 1 N–H and O–H groups in total. The van der Waals surface area contributed by atoms with Gasteiger partial charge in [-0.05, 0) is 24.6 Å². The summed E-state index contributed by atoms with van der Waals surface area (Å²) in [4.78, 5) is 20.6. The largest absolute Gasteiger partial charge is 0.482 e. The van der Waals surface area contributed by atoms with Crippen LogP contribution in [0, 0.1) is 6.92 Å². The average Bonchev–Trinajstić information content (AvgIpc) is 3.09. The van der Waals surface area contributed by atoms with Gasteiger partial charge in [0.15, 0.2) is 6.61 Å². The number of halogens is 3. The van der Waals surface area contributed by atoms with Gasteiger partial charge in [0, 0.05) is 26.0 Å². The first-order valence-electron chi connectivity index (χ1n) is 9.01. The number of nitrogens with zero attached hydrogens (tertiary/aromatic N) is 4. The third-order valence-corrected chi connectivity index (χ3v) is 4.12. The van der Waals surface area contributed by atoms with Crippen LogP contribution >= 0.6 is 0 Å². The Bertz CT molecular complexity index is 1040. The molecule has 0 aliphatic carbocycles. The zero-order chi connectivity index (χ0) is 21.7. The second-order valence-corrected chi connectivity index (χ2v) is 6.51. The number of amides is 1. The summed E-state index contributed by atoms with van der Waals surface area (Å²) in [7, 11) is 1.54. The van der Waals surface area contributed by atoms with Crippen LogP contribution in [0.3, 0.4) is 0 Å². The molecule has 1 amide bonds. The molecule has 0 atom stereocenters. The van der Waals surface area contributed by atoms with Gasteiger partial charge in [0.2, 0.25) is 0 Å². The molecule has 3 aromatic rings. The van der Waals surface area contributed by atoms with Gasteiger partial charge in [0.1, 0.15) is 11.4 Å². The number of nitrogens with one attached hydrogen (secondary N) is 1. The zero-order valence-corrected chi connectivity index (χ0v) is 16.4. The van der Waals surface area contributed by atoms with Gasteiger partial charge in [0.05, 0.1) is 35.9 Å². The van der Waals surface area contributed by atoms with Crippen LogP contribution in [0.2, 0.25) is 0 Å². The standard InChI is InChI=1S/C19H20F3N5O3/c1-12-7-13(25-8-16(12)30-11-19(20,21)22)9-27-10-14-15(26-27)3-4-23-17(14)18(28)24-5-6-29-2/h3-4,7-8,10H,5-6,9,11H2,1-2H3,(H,24,28). The molecule has 0 aromatic carbocycles. The Morgan fingerprint density at radius 3 is 2.80 bits per heavy atom. The minimum atomic E-state index is -4.41. The Labute approximate surface area is 170 Å². The number of aryl methyl sites for hydroxylation is 1. The lowest BCUT2D eigenvalue weighted by molar-refractivity contribution is -0.153. The van der Waals surface area contributed by atoms with E-state index in [-0.39, 0.29) is 23.9 Å². The predicted molar refractivity (Wildman–Crippen MR) is 101 cm³/mol. The first kappa shape index (κ1) is 21.5. The highest BCUT2D eigenvalue weighted by atomic mass is 19.4. The van der Waals surface area contributed by atoms with E-state index >= 15 is 0 Å². The number of rotatable bonds is 8. The topological polar surface area (TPSA) is 91.2 Å². The van der Waals surface area contributed by atoms with E-state index in [2.05, 4.69) is 20.4 Å². The SMILES string of the molecule is COCCNC(=O)c1nccc2nn(Cc3cc(C)c(OCC(F)(F)F)cn3)cc12. The van der Waals surface area contributed by atoms with E-state index in [0.717, 1.165) is 0 Å². The Hall–Kier alpha value is -3.21. The second kappa shape index (κ2) is 9.08. The van der Waals surface area contributed by atoms with Crippen molar-refractivity contribution in [3.63, 3.8) is 0 Å². The van der Waals surface area contributed by atoms with Crippen molar-refractivity contribution in [3.05, 3.63) is 47.7 Å². The van der Waals surface area contributed by atoms with E-state index in [1.165, 1.54) is 12.4 Å². The Morgan fingerprint density at radius 2 is 2.10 bits per heavy atom. The van der Waals surface area contributed by atoms with Gasteiger partial charge < -0.3 is 14.8 Å². The number of ether oxygens (including phenoxy) is 2. The summed E-state index contributed by atoms with van der Waals surface area (Å²) < 4.78 is 48.2. The van der Waals surface area contributed by atoms with Crippen molar-refractivity contribution in [2.45, 2.75) is 19.6 Å². The van der Waals surface area contributed by atoms with Gasteiger partial charge in [-0.1, -0.05) is 0 Å². The minimum Gasteiger partial charge on any atom is -0.482 e. The molecule has 0 aliphatic heterocycles. The van der Waals surface area contributed by atoms with Crippen molar-refractivity contribution in [3.8, 4) is 5.75 Å². The van der Waals surface area contributed by atoms with Crippen molar-refractivity contribution in [2.75, 3.05) is 26.9 Å². The summed E-state index contributed by atoms with van der Waals surface area (Å²) in [6.07, 6.45) is 0.0243. The molecule has 0 fully saturated rings. The predicted octanol–water partition coefficient (Wildman–Crippen LogP) is 2.50. The van der Waals surface area contributed by atoms with Crippen LogP contribution in [0.25, 0.3) is 10.9 Å². The number of hydrogen-bond donors (Lipinski definition) is 1. The van der Waals surface area contributed by atoms with Crippen LogP contribution in [0.1, 0.15) is 21.7 Å². The lowest BCUT2D eigenvalue weighted by Gasteiger charge is -2.11. The van der Waals surface area contributed by atoms with E-state index in [9.17, 15) is 18.0 Å². The number of carbonyl (C=O) groups is 1. The molecule has 3 heterocycles. The molecule has 0 aliphatic rings. The number of alkyl halides is 3. The third-order valence-electron chi connectivity index (χ3n) is 4.12. The van der Waals surface area contributed by atoms with E-state index in [1.54, 1.807) is 37.0 Å². The first-order valence-corrected chi connectivity index (χ1v) is 9.01. The lowest BCUT2D eigenvalue weighted by Crippen LogP contribution is -2.27. The van der Waals surface area contributed by atoms with Crippen molar-refractivity contribution >= 4 is 16.8 Å². The first-order chi connectivity index (χ1) is 14.3. The normalized spacial score (nSPS) is 11.6. The van der Waals surface area contributed by atoms with Crippen molar-refractivity contribution in [2.24, 2.45) is 0 Å². The van der Waals surface area contributed by atoms with Crippen molar-refractivity contribution in [1.82, 2.24) is 25.1 Å². The van der Waals surface area contributed by atoms with Crippen LogP contribution in [0.5, 0.6) is 5.75 Å². The van der Waals surface area contributed by atoms with Gasteiger partial charge in [-0.2, -0.15) is 18.3 Å². The minimum absolute atomic E-state index is 0.0703. The van der Waals surface area contributed by atoms with Gasteiger partial charge in [-0.15, -0.1) is 0 Å². The molecule has 8 nitrogen and oxygen atoms in total. The maximum atomic E-state index is 12.3. The van der Waals surface area contributed by atoms with Gasteiger partial charge >= 0.3 is 6.18 Å². The van der Waals surface area contributed by atoms with E-state index in [0.29, 0.717) is 35.3 Å². The van der Waals surface area contributed by atoms with E-state index in [1.807, 2.05) is 0 Å². The quantitative estimate of drug-likeness (QED) is 0.560. The van der Waals surface area contributed by atoms with Crippen LogP contribution in [-0.2, 0) is 11.3 Å². The van der Waals surface area contributed by atoms with Crippen LogP contribution in [-0.4, -0.2) is 58.7 Å². The summed E-state index contributed by atoms with van der Waals surface area (Å²) in [5.74, 6) is -0.266. The molecular formula is C19H20F3N5O3. The highest BCUT2D eigenvalue weighted by Gasteiger charge is 2.28. The highest BCUT2D eigenvalue weighted by molar-refractivity contribution is 6.04. The fourth-order valence-corrected chi connectivity index (χ4v) is 2.77. The Balaban J connectivity index is 1.75. The fourth-order valence-electron chi connectivity index (χ4n) is 2.77. The molecule has 0 saturated carbocycles. The summed E-state index contributed by atoms with van der Waals surface area (Å²) in [5.41, 5.74) is 1.94. The molecule has 160 valence electrons. The van der Waals surface area contributed by atoms with Crippen molar-refractivity contribution in [1.29, 1.82) is 0 Å². The summed E-state index contributed by atoms with van der Waals surface area (Å²) in [6.45, 7) is 1.27. The lowest BCUT2D eigenvalue weighted by atomic mass is 10.2. The molecule has 3 rings (SSSR count). The molecule has 0 bridgehead atoms. The number of fused-ring (bicyclic) bond motifs is 1. The third kappa shape index (κ3) is 5.44. The molecule has 3 aromatic heterocycles. The van der Waals surface area contributed by atoms with E-state index < -0.39 is 12.8 Å². The van der Waals surface area contributed by atoms with Gasteiger partial charge in [0.25, 0.3) is 5.91 Å². The number of aromatic nitrogens is 4. The molecule has 0 unspecified atom stereocenters. The average molecular weight is 423 g/mol. The van der Waals surface area contributed by atoms with Crippen LogP contribution in [0.15, 0.2) is 30.7 Å². The number of carbonyl (C=O) groups excluding carboxylic acids is 1. The molecule has 30 heavy (non-hydrogen) atoms. The molecule has 0 spiro atoms. The van der Waals surface area contributed by atoms with E-state index in [4.69, 9.17) is 9.47 Å². The molecule has 11 heteroatoms. The fraction of sp³-hybridized carbons (Fsp3) is 0.368. The summed E-state index contributed by atoms with van der Waals surface area (Å²) >= 11 is 0. The van der Waals surface area contributed by atoms with Gasteiger partial charge in [-0.25, -0.2) is 0 Å². The molecule has 0 radical (unpaired) electrons.